The molecule has 0 bridgehead atoms. The van der Waals surface area contributed by atoms with Crippen LogP contribution in [0.15, 0.2) is 48.8 Å². The summed E-state index contributed by atoms with van der Waals surface area (Å²) in [5.74, 6) is 0.638. The summed E-state index contributed by atoms with van der Waals surface area (Å²) in [5.41, 5.74) is 1.86. The molecule has 1 aliphatic carbocycles. The van der Waals surface area contributed by atoms with Crippen LogP contribution in [-0.2, 0) is 32.2 Å². The molecule has 1 fully saturated rings. The predicted molar refractivity (Wildman–Crippen MR) is 101 cm³/mol. The molecule has 0 saturated heterocycles. The van der Waals surface area contributed by atoms with Crippen LogP contribution in [-0.4, -0.2) is 24.0 Å². The molecule has 27 heavy (non-hydrogen) atoms. The quantitative estimate of drug-likeness (QED) is 0.554. The third kappa shape index (κ3) is 5.44. The molecule has 1 N–H and O–H groups in total. The van der Waals surface area contributed by atoms with Crippen LogP contribution < -0.4 is 0 Å². The highest BCUT2D eigenvalue weighted by Gasteiger charge is 2.34. The van der Waals surface area contributed by atoms with E-state index in [1.165, 1.54) is 25.7 Å². The minimum atomic E-state index is -0.468. The van der Waals surface area contributed by atoms with Crippen molar-refractivity contribution in [2.24, 2.45) is 11.8 Å². The van der Waals surface area contributed by atoms with E-state index in [1.807, 2.05) is 30.3 Å². The van der Waals surface area contributed by atoms with Gasteiger partial charge in [0.05, 0.1) is 13.2 Å². The molecule has 0 radical (unpaired) electrons. The molecule has 0 spiro atoms. The number of ether oxygens (including phenoxy) is 3. The highest BCUT2D eigenvalue weighted by molar-refractivity contribution is 5.86. The summed E-state index contributed by atoms with van der Waals surface area (Å²) in [6, 6.07) is 7.61. The molecule has 2 atom stereocenters. The van der Waals surface area contributed by atoms with Gasteiger partial charge in [0.1, 0.15) is 6.61 Å². The van der Waals surface area contributed by atoms with Crippen LogP contribution in [0.3, 0.4) is 0 Å². The van der Waals surface area contributed by atoms with E-state index in [9.17, 15) is 4.79 Å². The first-order valence-electron chi connectivity index (χ1n) is 9.66. The maximum Gasteiger partial charge on any atom is 0.373 e. The van der Waals surface area contributed by atoms with E-state index < -0.39 is 12.3 Å². The van der Waals surface area contributed by atoms with Crippen molar-refractivity contribution >= 4 is 5.97 Å². The first-order chi connectivity index (χ1) is 13.2. The Morgan fingerprint density at radius 1 is 1.22 bits per heavy atom. The Morgan fingerprint density at radius 3 is 2.59 bits per heavy atom. The molecular weight excluding hydrogens is 344 g/mol. The number of allylic oxidation sites excluding steroid dienone is 1. The van der Waals surface area contributed by atoms with Gasteiger partial charge >= 0.3 is 5.97 Å². The smallest absolute Gasteiger partial charge is 0.373 e. The highest BCUT2D eigenvalue weighted by atomic mass is 16.7. The first-order valence-corrected chi connectivity index (χ1v) is 9.66. The number of aliphatic hydroxyl groups is 1. The van der Waals surface area contributed by atoms with Crippen molar-refractivity contribution in [1.29, 1.82) is 0 Å². The minimum Gasteiger partial charge on any atom is -0.458 e. The lowest BCUT2D eigenvalue weighted by atomic mass is 9.86. The van der Waals surface area contributed by atoms with Crippen LogP contribution in [0, 0.1) is 11.8 Å². The maximum absolute atomic E-state index is 12.3. The third-order valence-electron chi connectivity index (χ3n) is 5.27. The zero-order valence-electron chi connectivity index (χ0n) is 15.6. The zero-order valence-corrected chi connectivity index (χ0v) is 15.6. The van der Waals surface area contributed by atoms with Gasteiger partial charge in [-0.1, -0.05) is 49.8 Å². The normalized spacial score (nSPS) is 22.8. The van der Waals surface area contributed by atoms with Crippen molar-refractivity contribution < 1.29 is 24.1 Å². The second kappa shape index (κ2) is 9.72. The number of carbonyl (C=O) groups excluding carboxylic acids is 1. The van der Waals surface area contributed by atoms with Crippen LogP contribution >= 0.6 is 0 Å². The van der Waals surface area contributed by atoms with Crippen LogP contribution in [0.1, 0.15) is 43.2 Å². The number of rotatable bonds is 8. The van der Waals surface area contributed by atoms with Crippen LogP contribution in [0.5, 0.6) is 0 Å². The van der Waals surface area contributed by atoms with Crippen LogP contribution in [0.25, 0.3) is 0 Å². The lowest BCUT2D eigenvalue weighted by Crippen LogP contribution is -2.30. The van der Waals surface area contributed by atoms with Crippen molar-refractivity contribution in [2.75, 3.05) is 6.61 Å². The summed E-state index contributed by atoms with van der Waals surface area (Å²) in [5, 5.41) is 9.13. The molecule has 1 aliphatic heterocycles. The third-order valence-corrected chi connectivity index (χ3v) is 5.27. The van der Waals surface area contributed by atoms with Gasteiger partial charge in [0.2, 0.25) is 12.0 Å². The molecule has 0 aromatic heterocycles. The summed E-state index contributed by atoms with van der Waals surface area (Å²) >= 11 is 0. The summed E-state index contributed by atoms with van der Waals surface area (Å²) in [7, 11) is 0. The molecule has 3 rings (SSSR count). The Hall–Kier alpha value is -2.11. The van der Waals surface area contributed by atoms with Crippen LogP contribution in [0.2, 0.25) is 0 Å². The lowest BCUT2D eigenvalue weighted by molar-refractivity contribution is -0.167. The van der Waals surface area contributed by atoms with Crippen molar-refractivity contribution in [3.8, 4) is 0 Å². The van der Waals surface area contributed by atoms with Crippen molar-refractivity contribution in [3.05, 3.63) is 59.9 Å². The number of hydrogen-bond donors (Lipinski definition) is 1. The van der Waals surface area contributed by atoms with E-state index in [2.05, 4.69) is 6.58 Å². The minimum absolute atomic E-state index is 0.0247. The van der Waals surface area contributed by atoms with Gasteiger partial charge < -0.3 is 19.3 Å². The first kappa shape index (κ1) is 19.6. The highest BCUT2D eigenvalue weighted by Crippen LogP contribution is 2.38. The zero-order chi connectivity index (χ0) is 19.1. The molecule has 1 aromatic carbocycles. The van der Waals surface area contributed by atoms with Crippen LogP contribution in [0.4, 0.5) is 0 Å². The van der Waals surface area contributed by atoms with Crippen molar-refractivity contribution in [3.63, 3.8) is 0 Å². The van der Waals surface area contributed by atoms with E-state index in [4.69, 9.17) is 19.3 Å². The van der Waals surface area contributed by atoms with Gasteiger partial charge in [0.25, 0.3) is 0 Å². The van der Waals surface area contributed by atoms with Crippen molar-refractivity contribution in [1.82, 2.24) is 0 Å². The molecule has 0 amide bonds. The second-order valence-corrected chi connectivity index (χ2v) is 7.20. The van der Waals surface area contributed by atoms with Gasteiger partial charge in [0, 0.05) is 6.42 Å². The monoisotopic (exact) mass is 372 g/mol. The summed E-state index contributed by atoms with van der Waals surface area (Å²) < 4.78 is 16.9. The van der Waals surface area contributed by atoms with Gasteiger partial charge in [-0.2, -0.15) is 0 Å². The average molecular weight is 372 g/mol. The summed E-state index contributed by atoms with van der Waals surface area (Å²) in [4.78, 5) is 12.3. The largest absolute Gasteiger partial charge is 0.458 e. The molecule has 1 saturated carbocycles. The lowest BCUT2D eigenvalue weighted by Gasteiger charge is -2.31. The second-order valence-electron chi connectivity index (χ2n) is 7.20. The van der Waals surface area contributed by atoms with Crippen molar-refractivity contribution in [2.45, 2.75) is 51.6 Å². The number of carbonyl (C=O) groups is 1. The van der Waals surface area contributed by atoms with E-state index >= 15 is 0 Å². The molecular formula is C22H28O5. The fraction of sp³-hybridized carbons (Fsp3) is 0.500. The molecule has 1 aromatic rings. The van der Waals surface area contributed by atoms with E-state index in [1.54, 1.807) is 6.08 Å². The number of benzene rings is 1. The molecule has 0 unspecified atom stereocenters. The van der Waals surface area contributed by atoms with E-state index in [0.717, 1.165) is 17.5 Å². The fourth-order valence-electron chi connectivity index (χ4n) is 3.78. The number of esters is 1. The summed E-state index contributed by atoms with van der Waals surface area (Å²) in [6.45, 7) is 4.15. The van der Waals surface area contributed by atoms with Gasteiger partial charge in [-0.3, -0.25) is 0 Å². The fourth-order valence-corrected chi connectivity index (χ4v) is 3.78. The predicted octanol–water partition coefficient (Wildman–Crippen LogP) is 3.86. The van der Waals surface area contributed by atoms with Gasteiger partial charge in [-0.15, -0.1) is 0 Å². The van der Waals surface area contributed by atoms with E-state index in [-0.39, 0.29) is 24.9 Å². The average Bonchev–Trinajstić information content (AvgIpc) is 3.25. The SMILES string of the molecule is C=CCOC(=O)C1=C[C@H](C2CCCC2)C[C@H](OCc2ccc(CO)cc2)O1. The molecule has 5 heteroatoms. The molecule has 146 valence electrons. The van der Waals surface area contributed by atoms with Gasteiger partial charge in [-0.25, -0.2) is 4.79 Å². The Bertz CT molecular complexity index is 658. The van der Waals surface area contributed by atoms with E-state index in [0.29, 0.717) is 12.5 Å². The molecule has 2 aliphatic rings. The number of aliphatic hydroxyl groups excluding tert-OH is 1. The Morgan fingerprint density at radius 2 is 1.93 bits per heavy atom. The molecule has 1 heterocycles. The maximum atomic E-state index is 12.3. The molecule has 5 nitrogen and oxygen atoms in total. The van der Waals surface area contributed by atoms with Gasteiger partial charge in [0.15, 0.2) is 0 Å². The standard InChI is InChI=1S/C22H28O5/c1-2-11-25-22(24)20-12-19(18-5-3-4-6-18)13-21(27-20)26-15-17-9-7-16(14-23)8-10-17/h2,7-10,12,18-19,21,23H,1,3-6,11,13-15H2/t19-,21+/m0/s1. The Kier molecular flexibility index (Phi) is 7.07. The topological polar surface area (TPSA) is 65.0 Å². The number of hydrogen-bond acceptors (Lipinski definition) is 5. The Labute approximate surface area is 160 Å². The summed E-state index contributed by atoms with van der Waals surface area (Å²) in [6.07, 6.45) is 8.61. The van der Waals surface area contributed by atoms with Gasteiger partial charge in [-0.05, 0) is 41.9 Å². The Balaban J connectivity index is 1.64.